The molecule has 3 atom stereocenters. The smallest absolute Gasteiger partial charge is 0.0298 e. The van der Waals surface area contributed by atoms with Crippen LogP contribution in [0, 0.1) is 17.3 Å². The summed E-state index contributed by atoms with van der Waals surface area (Å²) >= 11 is 0. The molecule has 0 amide bonds. The molecule has 0 rings (SSSR count). The highest BCUT2D eigenvalue weighted by Crippen LogP contribution is 2.42. The first-order chi connectivity index (χ1) is 6.55. The molecule has 0 fully saturated rings. The lowest BCUT2D eigenvalue weighted by Crippen LogP contribution is -2.31. The van der Waals surface area contributed by atoms with E-state index in [1.807, 2.05) is 0 Å². The fraction of sp³-hybridized carbons (Fsp3) is 1.00. The average molecular weight is 198 g/mol. The Morgan fingerprint density at radius 2 is 1.57 bits per heavy atom. The normalized spacial score (nSPS) is 20.1. The van der Waals surface area contributed by atoms with Crippen LogP contribution in [0.15, 0.2) is 0 Å². The van der Waals surface area contributed by atoms with E-state index in [0.29, 0.717) is 5.41 Å². The highest BCUT2D eigenvalue weighted by atomic mass is 14.4. The van der Waals surface area contributed by atoms with E-state index in [-0.39, 0.29) is 0 Å². The maximum Gasteiger partial charge on any atom is -0.0298 e. The molecule has 0 aliphatic heterocycles. The quantitative estimate of drug-likeness (QED) is 0.522. The predicted octanol–water partition coefficient (Wildman–Crippen LogP) is 5.28. The van der Waals surface area contributed by atoms with Crippen LogP contribution in [0.3, 0.4) is 0 Å². The Morgan fingerprint density at radius 3 is 1.86 bits per heavy atom. The Bertz CT molecular complexity index is 139. The molecule has 0 saturated carbocycles. The minimum Gasteiger partial charge on any atom is -0.0654 e. The molecule has 0 aliphatic rings. The molecule has 0 heteroatoms. The molecule has 0 aromatic carbocycles. The van der Waals surface area contributed by atoms with Gasteiger partial charge < -0.3 is 0 Å². The summed E-state index contributed by atoms with van der Waals surface area (Å²) in [5.74, 6) is 1.80. The highest BCUT2D eigenvalue weighted by Gasteiger charge is 2.33. The van der Waals surface area contributed by atoms with Crippen molar-refractivity contribution in [3.8, 4) is 0 Å². The van der Waals surface area contributed by atoms with Gasteiger partial charge in [0.05, 0.1) is 0 Å². The van der Waals surface area contributed by atoms with Gasteiger partial charge in [0.15, 0.2) is 0 Å². The van der Waals surface area contributed by atoms with E-state index in [9.17, 15) is 0 Å². The van der Waals surface area contributed by atoms with Crippen molar-refractivity contribution in [2.75, 3.05) is 0 Å². The molecule has 0 heterocycles. The molecule has 0 radical (unpaired) electrons. The standard InChI is InChI=1S/C14H30/c1-7-11-14(6,10-4)13(9-3)12(5)8-2/h12-13H,7-11H2,1-6H3. The van der Waals surface area contributed by atoms with Gasteiger partial charge >= 0.3 is 0 Å². The van der Waals surface area contributed by atoms with E-state index in [2.05, 4.69) is 41.5 Å². The summed E-state index contributed by atoms with van der Waals surface area (Å²) in [6.07, 6.45) is 6.74. The van der Waals surface area contributed by atoms with Crippen LogP contribution in [0.25, 0.3) is 0 Å². The monoisotopic (exact) mass is 198 g/mol. The van der Waals surface area contributed by atoms with E-state index in [1.165, 1.54) is 32.1 Å². The maximum absolute atomic E-state index is 2.50. The molecule has 0 bridgehead atoms. The Labute approximate surface area is 91.5 Å². The Morgan fingerprint density at radius 1 is 1.00 bits per heavy atom. The minimum atomic E-state index is 0.582. The molecule has 0 saturated heterocycles. The molecule has 3 unspecified atom stereocenters. The highest BCUT2D eigenvalue weighted by molar-refractivity contribution is 4.83. The third kappa shape index (κ3) is 3.29. The Balaban J connectivity index is 4.57. The van der Waals surface area contributed by atoms with Gasteiger partial charge in [0.25, 0.3) is 0 Å². The lowest BCUT2D eigenvalue weighted by Gasteiger charge is -2.40. The van der Waals surface area contributed by atoms with E-state index >= 15 is 0 Å². The summed E-state index contributed by atoms with van der Waals surface area (Å²) in [5, 5.41) is 0. The van der Waals surface area contributed by atoms with Gasteiger partial charge in [-0.2, -0.15) is 0 Å². The number of rotatable bonds is 7. The van der Waals surface area contributed by atoms with Crippen molar-refractivity contribution in [1.29, 1.82) is 0 Å². The summed E-state index contributed by atoms with van der Waals surface area (Å²) in [7, 11) is 0. The zero-order valence-electron chi connectivity index (χ0n) is 11.2. The first-order valence-electron chi connectivity index (χ1n) is 6.55. The second-order valence-electron chi connectivity index (χ2n) is 5.16. The molecule has 0 spiro atoms. The molecule has 86 valence electrons. The van der Waals surface area contributed by atoms with Gasteiger partial charge in [0.1, 0.15) is 0 Å². The van der Waals surface area contributed by atoms with Gasteiger partial charge in [-0.1, -0.05) is 67.2 Å². The van der Waals surface area contributed by atoms with Crippen molar-refractivity contribution < 1.29 is 0 Å². The van der Waals surface area contributed by atoms with Gasteiger partial charge in [0.2, 0.25) is 0 Å². The van der Waals surface area contributed by atoms with Crippen LogP contribution in [0.5, 0.6) is 0 Å². The van der Waals surface area contributed by atoms with Gasteiger partial charge in [-0.15, -0.1) is 0 Å². The number of hydrogen-bond acceptors (Lipinski definition) is 0. The van der Waals surface area contributed by atoms with Crippen LogP contribution >= 0.6 is 0 Å². The zero-order chi connectivity index (χ0) is 11.2. The Kier molecular flexibility index (Phi) is 6.48. The van der Waals surface area contributed by atoms with Crippen LogP contribution in [0.2, 0.25) is 0 Å². The van der Waals surface area contributed by atoms with E-state index < -0.39 is 0 Å². The molecular formula is C14H30. The van der Waals surface area contributed by atoms with Crippen LogP contribution < -0.4 is 0 Å². The fourth-order valence-corrected chi connectivity index (χ4v) is 3.06. The first kappa shape index (κ1) is 14.0. The topological polar surface area (TPSA) is 0 Å². The molecule has 0 nitrogen and oxygen atoms in total. The van der Waals surface area contributed by atoms with Crippen LogP contribution in [-0.2, 0) is 0 Å². The number of hydrogen-bond donors (Lipinski definition) is 0. The summed E-state index contributed by atoms with van der Waals surface area (Å²) in [6.45, 7) is 14.3. The van der Waals surface area contributed by atoms with E-state index in [1.54, 1.807) is 0 Å². The van der Waals surface area contributed by atoms with Crippen LogP contribution in [0.1, 0.15) is 73.6 Å². The van der Waals surface area contributed by atoms with Gasteiger partial charge in [0, 0.05) is 0 Å². The van der Waals surface area contributed by atoms with Crippen LogP contribution in [-0.4, -0.2) is 0 Å². The van der Waals surface area contributed by atoms with Gasteiger partial charge in [-0.25, -0.2) is 0 Å². The van der Waals surface area contributed by atoms with Crippen molar-refractivity contribution in [3.63, 3.8) is 0 Å². The molecular weight excluding hydrogens is 168 g/mol. The SMILES string of the molecule is CCCC(C)(CC)C(CC)C(C)CC. The second kappa shape index (κ2) is 6.48. The van der Waals surface area contributed by atoms with Crippen molar-refractivity contribution in [2.24, 2.45) is 17.3 Å². The molecule has 0 aromatic heterocycles. The maximum atomic E-state index is 2.50. The summed E-state index contributed by atoms with van der Waals surface area (Å²) in [4.78, 5) is 0. The second-order valence-corrected chi connectivity index (χ2v) is 5.16. The molecule has 0 aromatic rings. The average Bonchev–Trinajstić information content (AvgIpc) is 2.19. The van der Waals surface area contributed by atoms with Crippen LogP contribution in [0.4, 0.5) is 0 Å². The lowest BCUT2D eigenvalue weighted by atomic mass is 9.65. The van der Waals surface area contributed by atoms with Crippen molar-refractivity contribution in [1.82, 2.24) is 0 Å². The predicted molar refractivity (Wildman–Crippen MR) is 66.5 cm³/mol. The molecule has 14 heavy (non-hydrogen) atoms. The van der Waals surface area contributed by atoms with Crippen molar-refractivity contribution in [2.45, 2.75) is 73.6 Å². The largest absolute Gasteiger partial charge is 0.0654 e. The third-order valence-corrected chi connectivity index (χ3v) is 4.29. The minimum absolute atomic E-state index is 0.582. The van der Waals surface area contributed by atoms with Gasteiger partial charge in [-0.3, -0.25) is 0 Å². The van der Waals surface area contributed by atoms with Gasteiger partial charge in [-0.05, 0) is 23.7 Å². The summed E-state index contributed by atoms with van der Waals surface area (Å²) in [6, 6.07) is 0. The summed E-state index contributed by atoms with van der Waals surface area (Å²) < 4.78 is 0. The van der Waals surface area contributed by atoms with E-state index in [4.69, 9.17) is 0 Å². The molecule has 0 N–H and O–H groups in total. The summed E-state index contributed by atoms with van der Waals surface area (Å²) in [5.41, 5.74) is 0.582. The fourth-order valence-electron chi connectivity index (χ4n) is 3.06. The van der Waals surface area contributed by atoms with Crippen molar-refractivity contribution in [3.05, 3.63) is 0 Å². The molecule has 0 aliphatic carbocycles. The van der Waals surface area contributed by atoms with Crippen molar-refractivity contribution >= 4 is 0 Å². The lowest BCUT2D eigenvalue weighted by molar-refractivity contribution is 0.100. The zero-order valence-corrected chi connectivity index (χ0v) is 11.2. The Hall–Kier alpha value is 0. The first-order valence-corrected chi connectivity index (χ1v) is 6.55. The third-order valence-electron chi connectivity index (χ3n) is 4.29. The van der Waals surface area contributed by atoms with E-state index in [0.717, 1.165) is 11.8 Å².